The molecule has 122 valence electrons. The van der Waals surface area contributed by atoms with Gasteiger partial charge in [0, 0.05) is 12.6 Å². The third kappa shape index (κ3) is 3.66. The van der Waals surface area contributed by atoms with E-state index in [-0.39, 0.29) is 17.1 Å². The molecule has 0 radical (unpaired) electrons. The molecule has 0 aromatic carbocycles. The van der Waals surface area contributed by atoms with Crippen LogP contribution >= 0.6 is 0 Å². The van der Waals surface area contributed by atoms with Crippen molar-refractivity contribution in [2.45, 2.75) is 76.7 Å². The highest BCUT2D eigenvalue weighted by Gasteiger charge is 2.52. The number of methoxy groups -OCH3 is 1. The van der Waals surface area contributed by atoms with Crippen LogP contribution in [-0.2, 0) is 14.0 Å². The molecule has 2 atom stereocenters. The van der Waals surface area contributed by atoms with E-state index in [2.05, 4.69) is 51.3 Å². The molecule has 0 aliphatic carbocycles. The smallest absolute Gasteiger partial charge is 0.336 e. The number of carbonyl (C=O) groups is 1. The molecule has 0 bridgehead atoms. The van der Waals surface area contributed by atoms with Crippen molar-refractivity contribution in [3.8, 4) is 0 Å². The zero-order valence-electron chi connectivity index (χ0n) is 14.4. The van der Waals surface area contributed by atoms with Crippen LogP contribution in [0, 0.1) is 0 Å². The normalized spacial score (nSPS) is 23.8. The van der Waals surface area contributed by atoms with E-state index >= 15 is 0 Å². The fourth-order valence-electron chi connectivity index (χ4n) is 2.24. The molecule has 1 N–H and O–H groups in total. The molecule has 0 saturated heterocycles. The Kier molecular flexibility index (Phi) is 5.61. The van der Waals surface area contributed by atoms with E-state index in [1.54, 1.807) is 6.21 Å². The van der Waals surface area contributed by atoms with Crippen LogP contribution in [0.25, 0.3) is 0 Å². The molecule has 0 aromatic heterocycles. The minimum Gasteiger partial charge on any atom is -0.467 e. The summed E-state index contributed by atoms with van der Waals surface area (Å²) >= 11 is 0. The topological polar surface area (TPSA) is 59.9 Å². The van der Waals surface area contributed by atoms with Gasteiger partial charge in [0.15, 0.2) is 13.9 Å². The molecule has 1 aliphatic rings. The lowest BCUT2D eigenvalue weighted by Gasteiger charge is -2.44. The third-order valence-corrected chi connectivity index (χ3v) is 9.15. The van der Waals surface area contributed by atoms with E-state index < -0.39 is 13.9 Å². The molecule has 0 fully saturated rings. The molecular formula is C15H30N2O3Si. The Morgan fingerprint density at radius 3 is 2.48 bits per heavy atom. The molecule has 1 heterocycles. The highest BCUT2D eigenvalue weighted by molar-refractivity contribution is 6.74. The molecular weight excluding hydrogens is 284 g/mol. The van der Waals surface area contributed by atoms with Gasteiger partial charge in [0.1, 0.15) is 0 Å². The van der Waals surface area contributed by atoms with Gasteiger partial charge in [-0.3, -0.25) is 5.43 Å². The number of carbonyl (C=O) groups excluding carboxylic acids is 1. The quantitative estimate of drug-likeness (QED) is 0.604. The number of ether oxygens (including phenoxy) is 1. The van der Waals surface area contributed by atoms with E-state index in [0.717, 1.165) is 12.8 Å². The maximum atomic E-state index is 12.4. The van der Waals surface area contributed by atoms with Gasteiger partial charge < -0.3 is 9.16 Å². The summed E-state index contributed by atoms with van der Waals surface area (Å²) < 4.78 is 11.6. The third-order valence-electron chi connectivity index (χ3n) is 4.66. The number of nitrogens with one attached hydrogen (secondary N) is 1. The molecule has 6 heteroatoms. The Bertz CT molecular complexity index is 394. The summed E-state index contributed by atoms with van der Waals surface area (Å²) in [5.41, 5.74) is 2.10. The highest BCUT2D eigenvalue weighted by Crippen LogP contribution is 2.40. The molecule has 1 aliphatic heterocycles. The zero-order chi connectivity index (χ0) is 16.3. The first kappa shape index (κ1) is 18.2. The first-order valence-corrected chi connectivity index (χ1v) is 10.6. The van der Waals surface area contributed by atoms with E-state index in [9.17, 15) is 4.79 Å². The molecule has 0 aromatic rings. The predicted octanol–water partition coefficient (Wildman–Crippen LogP) is 3.07. The van der Waals surface area contributed by atoms with Crippen molar-refractivity contribution in [2.75, 3.05) is 7.11 Å². The summed E-state index contributed by atoms with van der Waals surface area (Å²) in [5.74, 6) is -0.294. The molecule has 0 saturated carbocycles. The number of hydrogen-bond donors (Lipinski definition) is 1. The van der Waals surface area contributed by atoms with Crippen molar-refractivity contribution in [3.63, 3.8) is 0 Å². The van der Waals surface area contributed by atoms with Gasteiger partial charge in [-0.25, -0.2) is 4.79 Å². The van der Waals surface area contributed by atoms with Gasteiger partial charge >= 0.3 is 5.97 Å². The van der Waals surface area contributed by atoms with E-state index in [0.29, 0.717) is 6.42 Å². The fourth-order valence-corrected chi connectivity index (χ4v) is 3.63. The number of hydrogen-bond acceptors (Lipinski definition) is 5. The average Bonchev–Trinajstić information content (AvgIpc) is 2.86. The lowest BCUT2D eigenvalue weighted by atomic mass is 9.88. The maximum absolute atomic E-state index is 12.4. The zero-order valence-corrected chi connectivity index (χ0v) is 15.4. The molecule has 0 amide bonds. The second kappa shape index (κ2) is 6.48. The number of hydrazone groups is 1. The number of rotatable bonds is 6. The number of esters is 1. The minimum absolute atomic E-state index is 0.0930. The van der Waals surface area contributed by atoms with Gasteiger partial charge in [0.25, 0.3) is 0 Å². The second-order valence-electron chi connectivity index (χ2n) is 7.25. The SMILES string of the molecule is CCC[C@@H](O[Si](C)(C)C(C)(C)C)[C@@]1(C(=O)OC)CC=NN1. The van der Waals surface area contributed by atoms with E-state index in [1.807, 2.05) is 0 Å². The summed E-state index contributed by atoms with van der Waals surface area (Å²) in [4.78, 5) is 12.4. The van der Waals surface area contributed by atoms with E-state index in [4.69, 9.17) is 9.16 Å². The molecule has 0 spiro atoms. The van der Waals surface area contributed by atoms with Crippen LogP contribution in [-0.4, -0.2) is 39.3 Å². The summed E-state index contributed by atoms with van der Waals surface area (Å²) in [7, 11) is -0.566. The van der Waals surface area contributed by atoms with Crippen molar-refractivity contribution in [1.82, 2.24) is 5.43 Å². The monoisotopic (exact) mass is 314 g/mol. The fraction of sp³-hybridized carbons (Fsp3) is 0.867. The Balaban J connectivity index is 3.07. The minimum atomic E-state index is -1.98. The van der Waals surface area contributed by atoms with Crippen LogP contribution in [0.2, 0.25) is 18.1 Å². The summed E-state index contributed by atoms with van der Waals surface area (Å²) in [6.45, 7) is 13.1. The van der Waals surface area contributed by atoms with Crippen molar-refractivity contribution < 1.29 is 14.0 Å². The lowest BCUT2D eigenvalue weighted by molar-refractivity contribution is -0.152. The first-order valence-electron chi connectivity index (χ1n) is 7.65. The van der Waals surface area contributed by atoms with Crippen LogP contribution in [0.5, 0.6) is 0 Å². The van der Waals surface area contributed by atoms with Gasteiger partial charge in [0.05, 0.1) is 13.2 Å². The average molecular weight is 315 g/mol. The van der Waals surface area contributed by atoms with Crippen molar-refractivity contribution in [3.05, 3.63) is 0 Å². The van der Waals surface area contributed by atoms with Gasteiger partial charge in [-0.1, -0.05) is 34.1 Å². The molecule has 5 nitrogen and oxygen atoms in total. The molecule has 21 heavy (non-hydrogen) atoms. The molecule has 0 unspecified atom stereocenters. The van der Waals surface area contributed by atoms with Crippen LogP contribution in [0.3, 0.4) is 0 Å². The van der Waals surface area contributed by atoms with Gasteiger partial charge in [-0.05, 0) is 24.6 Å². The van der Waals surface area contributed by atoms with Crippen LogP contribution < -0.4 is 5.43 Å². The van der Waals surface area contributed by atoms with Crippen molar-refractivity contribution in [1.29, 1.82) is 0 Å². The highest BCUT2D eigenvalue weighted by atomic mass is 28.4. The second-order valence-corrected chi connectivity index (χ2v) is 12.0. The summed E-state index contributed by atoms with van der Waals surface area (Å²) in [6, 6.07) is 0. The van der Waals surface area contributed by atoms with Gasteiger partial charge in [-0.15, -0.1) is 0 Å². The summed E-state index contributed by atoms with van der Waals surface area (Å²) in [6.07, 6.45) is 3.77. The molecule has 1 rings (SSSR count). The Morgan fingerprint density at radius 1 is 1.48 bits per heavy atom. The Hall–Kier alpha value is -0.883. The largest absolute Gasteiger partial charge is 0.467 e. The van der Waals surface area contributed by atoms with Crippen LogP contribution in [0.15, 0.2) is 5.10 Å². The Labute approximate surface area is 129 Å². The predicted molar refractivity (Wildman–Crippen MR) is 88.0 cm³/mol. The van der Waals surface area contributed by atoms with Crippen LogP contribution in [0.1, 0.15) is 47.0 Å². The van der Waals surface area contributed by atoms with E-state index in [1.165, 1.54) is 7.11 Å². The van der Waals surface area contributed by atoms with Crippen molar-refractivity contribution >= 4 is 20.5 Å². The summed E-state index contributed by atoms with van der Waals surface area (Å²) in [5, 5.41) is 4.15. The maximum Gasteiger partial charge on any atom is 0.336 e. The standard InChI is InChI=1S/C15H30N2O3Si/c1-8-9-12(20-21(6,7)14(2,3)4)15(13(18)19-5)10-11-16-17-15/h11-12,17H,8-10H2,1-7H3/t12-,15-/m1/s1. The first-order chi connectivity index (χ1) is 9.60. The van der Waals surface area contributed by atoms with Gasteiger partial charge in [0.2, 0.25) is 0 Å². The number of nitrogens with zero attached hydrogens (tertiary/aromatic N) is 1. The lowest BCUT2D eigenvalue weighted by Crippen LogP contribution is -2.61. The van der Waals surface area contributed by atoms with Crippen LogP contribution in [0.4, 0.5) is 0 Å². The Morgan fingerprint density at radius 2 is 2.10 bits per heavy atom. The van der Waals surface area contributed by atoms with Gasteiger partial charge in [-0.2, -0.15) is 5.10 Å². The van der Waals surface area contributed by atoms with Crippen molar-refractivity contribution in [2.24, 2.45) is 5.10 Å².